The van der Waals surface area contributed by atoms with E-state index in [2.05, 4.69) is 19.1 Å². The summed E-state index contributed by atoms with van der Waals surface area (Å²) in [6, 6.07) is 0. The van der Waals surface area contributed by atoms with E-state index in [-0.39, 0.29) is 5.70 Å². The number of hydrogen-bond acceptors (Lipinski definition) is 3. The predicted molar refractivity (Wildman–Crippen MR) is 109 cm³/mol. The average molecular weight is 354 g/mol. The Morgan fingerprint density at radius 3 is 2.23 bits per heavy atom. The molecular formula is C22H28NO3. The fourth-order valence-electron chi connectivity index (χ4n) is 1.79. The van der Waals surface area contributed by atoms with Crippen molar-refractivity contribution in [2.75, 3.05) is 0 Å². The van der Waals surface area contributed by atoms with Crippen molar-refractivity contribution < 1.29 is 9.72 Å². The van der Waals surface area contributed by atoms with Crippen molar-refractivity contribution >= 4 is 6.29 Å². The van der Waals surface area contributed by atoms with Gasteiger partial charge in [0.2, 0.25) is 0 Å². The first kappa shape index (κ1) is 23.2. The van der Waals surface area contributed by atoms with Crippen molar-refractivity contribution in [1.29, 1.82) is 0 Å². The Kier molecular flexibility index (Phi) is 16.6. The zero-order chi connectivity index (χ0) is 19.3. The second kappa shape index (κ2) is 18.6. The van der Waals surface area contributed by atoms with Crippen LogP contribution in [0.5, 0.6) is 0 Å². The molecule has 0 fully saturated rings. The zero-order valence-corrected chi connectivity index (χ0v) is 15.4. The second-order valence-corrected chi connectivity index (χ2v) is 5.28. The minimum Gasteiger partial charge on any atom is -0.291 e. The van der Waals surface area contributed by atoms with Crippen molar-refractivity contribution in [2.45, 2.75) is 45.4 Å². The molecule has 1 radical (unpaired) electrons. The standard InChI is InChI=1S/C22H28NO3/c1-2-3-4-5-6-10-13-16-19-22(23(25)26)20-17-14-11-8-7-9-12-15-18-21-24/h3-4,6,8-12,14,16-17,19-20H,2,5,7,13,15,18H2,1H3/b4-3-,10-6-,11-8-,12-9-,17-14-,19-16-,22-20+. The number of hydrogen-bond donors (Lipinski definition) is 0. The van der Waals surface area contributed by atoms with E-state index in [4.69, 9.17) is 0 Å². The quantitative estimate of drug-likeness (QED) is 0.127. The van der Waals surface area contributed by atoms with Gasteiger partial charge >= 0.3 is 0 Å². The Morgan fingerprint density at radius 1 is 0.885 bits per heavy atom. The highest BCUT2D eigenvalue weighted by atomic mass is 16.6. The predicted octanol–water partition coefficient (Wildman–Crippen LogP) is 5.95. The lowest BCUT2D eigenvalue weighted by Crippen LogP contribution is -1.94. The van der Waals surface area contributed by atoms with Crippen molar-refractivity contribution in [3.8, 4) is 0 Å². The number of nitrogens with zero attached hydrogens (tertiary/aromatic N) is 1. The van der Waals surface area contributed by atoms with Gasteiger partial charge in [0.1, 0.15) is 0 Å². The minimum atomic E-state index is -0.398. The normalized spacial score (nSPS) is 13.5. The Hall–Kier alpha value is -2.75. The summed E-state index contributed by atoms with van der Waals surface area (Å²) in [5, 5.41) is 11.0. The Bertz CT molecular complexity index is 591. The van der Waals surface area contributed by atoms with Crippen LogP contribution >= 0.6 is 0 Å². The molecular weight excluding hydrogens is 326 g/mol. The average Bonchev–Trinajstić information content (AvgIpc) is 2.63. The number of nitro groups is 1. The van der Waals surface area contributed by atoms with Gasteiger partial charge in [-0.3, -0.25) is 14.9 Å². The first-order valence-corrected chi connectivity index (χ1v) is 8.86. The van der Waals surface area contributed by atoms with Crippen LogP contribution in [-0.4, -0.2) is 11.2 Å². The molecule has 0 aromatic heterocycles. The van der Waals surface area contributed by atoms with Gasteiger partial charge in [0.25, 0.3) is 5.70 Å². The van der Waals surface area contributed by atoms with Crippen LogP contribution in [0, 0.1) is 10.1 Å². The summed E-state index contributed by atoms with van der Waals surface area (Å²) in [4.78, 5) is 20.6. The highest BCUT2D eigenvalue weighted by Gasteiger charge is 2.02. The molecule has 0 aliphatic rings. The van der Waals surface area contributed by atoms with Crippen molar-refractivity contribution in [3.63, 3.8) is 0 Å². The molecule has 139 valence electrons. The molecule has 0 aromatic carbocycles. The molecule has 0 aliphatic heterocycles. The molecule has 0 atom stereocenters. The van der Waals surface area contributed by atoms with Crippen LogP contribution in [0.2, 0.25) is 0 Å². The lowest BCUT2D eigenvalue weighted by atomic mass is 10.2. The Labute approximate surface area is 156 Å². The first-order chi connectivity index (χ1) is 12.7. The summed E-state index contributed by atoms with van der Waals surface area (Å²) in [5.74, 6) is 0. The van der Waals surface area contributed by atoms with Crippen LogP contribution in [0.15, 0.2) is 84.7 Å². The fraction of sp³-hybridized carbons (Fsp3) is 0.318. The summed E-state index contributed by atoms with van der Waals surface area (Å²) in [6.07, 6.45) is 30.4. The maximum atomic E-state index is 11.0. The zero-order valence-electron chi connectivity index (χ0n) is 15.4. The van der Waals surface area contributed by atoms with Crippen LogP contribution in [0.1, 0.15) is 45.4 Å². The van der Waals surface area contributed by atoms with Gasteiger partial charge in [0.15, 0.2) is 6.29 Å². The molecule has 0 bridgehead atoms. The third-order valence-electron chi connectivity index (χ3n) is 3.09. The van der Waals surface area contributed by atoms with Gasteiger partial charge in [0, 0.05) is 18.6 Å². The van der Waals surface area contributed by atoms with Gasteiger partial charge < -0.3 is 0 Å². The number of carbonyl (C=O) groups excluding carboxylic acids is 1. The molecule has 0 heterocycles. The Balaban J connectivity index is 4.28. The molecule has 0 aliphatic carbocycles. The van der Waals surface area contributed by atoms with Crippen molar-refractivity contribution in [1.82, 2.24) is 0 Å². The molecule has 0 unspecified atom stereocenters. The third kappa shape index (κ3) is 16.1. The monoisotopic (exact) mass is 354 g/mol. The van der Waals surface area contributed by atoms with E-state index in [1.807, 2.05) is 42.7 Å². The molecule has 0 N–H and O–H groups in total. The summed E-state index contributed by atoms with van der Waals surface area (Å²) in [7, 11) is 0. The first-order valence-electron chi connectivity index (χ1n) is 8.86. The summed E-state index contributed by atoms with van der Waals surface area (Å²) >= 11 is 0. The molecule has 0 saturated heterocycles. The van der Waals surface area contributed by atoms with Crippen LogP contribution < -0.4 is 0 Å². The van der Waals surface area contributed by atoms with Crippen LogP contribution in [0.3, 0.4) is 0 Å². The molecule has 0 amide bonds. The Morgan fingerprint density at radius 2 is 1.54 bits per heavy atom. The summed E-state index contributed by atoms with van der Waals surface area (Å²) in [5.41, 5.74) is 0.0546. The molecule has 26 heavy (non-hydrogen) atoms. The van der Waals surface area contributed by atoms with E-state index in [1.165, 1.54) is 12.2 Å². The van der Waals surface area contributed by atoms with Crippen LogP contribution in [0.25, 0.3) is 0 Å². The van der Waals surface area contributed by atoms with Gasteiger partial charge in [-0.25, -0.2) is 0 Å². The highest BCUT2D eigenvalue weighted by Crippen LogP contribution is 2.01. The van der Waals surface area contributed by atoms with E-state index >= 15 is 0 Å². The third-order valence-corrected chi connectivity index (χ3v) is 3.09. The number of unbranched alkanes of at least 4 members (excludes halogenated alkanes) is 1. The molecule has 0 aromatic rings. The number of allylic oxidation sites excluding steroid dienone is 13. The smallest absolute Gasteiger partial charge is 0.269 e. The minimum absolute atomic E-state index is 0.0546. The maximum Gasteiger partial charge on any atom is 0.269 e. The summed E-state index contributed by atoms with van der Waals surface area (Å²) in [6.45, 7) is 2.09. The highest BCUT2D eigenvalue weighted by molar-refractivity contribution is 5.50. The van der Waals surface area contributed by atoms with Crippen molar-refractivity contribution in [3.05, 3.63) is 94.8 Å². The molecule has 0 spiro atoms. The van der Waals surface area contributed by atoms with Gasteiger partial charge in [-0.05, 0) is 32.1 Å². The number of rotatable bonds is 14. The SMILES string of the molecule is CC/C=C\C/C=C\C\C=C/C(=C\C=C/C=C\C/C=C\CC[C]=O)[N+](=O)[O-]. The van der Waals surface area contributed by atoms with Gasteiger partial charge in [0.05, 0.1) is 4.92 Å². The van der Waals surface area contributed by atoms with Crippen LogP contribution in [0.4, 0.5) is 0 Å². The van der Waals surface area contributed by atoms with Gasteiger partial charge in [-0.15, -0.1) is 0 Å². The van der Waals surface area contributed by atoms with E-state index < -0.39 is 4.92 Å². The molecule has 4 nitrogen and oxygen atoms in total. The topological polar surface area (TPSA) is 60.2 Å². The van der Waals surface area contributed by atoms with E-state index in [9.17, 15) is 14.9 Å². The molecule has 4 heteroatoms. The van der Waals surface area contributed by atoms with E-state index in [0.29, 0.717) is 19.3 Å². The van der Waals surface area contributed by atoms with Gasteiger partial charge in [-0.2, -0.15) is 0 Å². The lowest BCUT2D eigenvalue weighted by molar-refractivity contribution is -0.419. The lowest BCUT2D eigenvalue weighted by Gasteiger charge is -1.89. The van der Waals surface area contributed by atoms with Gasteiger partial charge in [-0.1, -0.05) is 73.8 Å². The fourth-order valence-corrected chi connectivity index (χ4v) is 1.79. The van der Waals surface area contributed by atoms with E-state index in [1.54, 1.807) is 18.2 Å². The largest absolute Gasteiger partial charge is 0.291 e. The van der Waals surface area contributed by atoms with Crippen molar-refractivity contribution in [2.24, 2.45) is 0 Å². The maximum absolute atomic E-state index is 11.0. The summed E-state index contributed by atoms with van der Waals surface area (Å²) < 4.78 is 0. The molecule has 0 rings (SSSR count). The van der Waals surface area contributed by atoms with Crippen LogP contribution in [-0.2, 0) is 4.79 Å². The van der Waals surface area contributed by atoms with E-state index in [0.717, 1.165) is 19.3 Å². The molecule has 0 saturated carbocycles. The second-order valence-electron chi connectivity index (χ2n) is 5.28.